The Morgan fingerprint density at radius 3 is 2.88 bits per heavy atom. The lowest BCUT2D eigenvalue weighted by Gasteiger charge is -2.24. The molecule has 0 bridgehead atoms. The van der Waals surface area contributed by atoms with Crippen molar-refractivity contribution in [3.8, 4) is 0 Å². The molecular formula is C18H20N2O3S. The molecule has 1 N–H and O–H groups in total. The molecule has 24 heavy (non-hydrogen) atoms. The van der Waals surface area contributed by atoms with Crippen LogP contribution < -0.4 is 5.32 Å². The first-order valence-electron chi connectivity index (χ1n) is 7.90. The third-order valence-corrected chi connectivity index (χ3v) is 5.26. The number of ether oxygens (including phenoxy) is 1. The lowest BCUT2D eigenvalue weighted by Crippen LogP contribution is -2.34. The number of rotatable bonds is 3. The molecule has 1 atom stereocenters. The molecule has 2 aromatic rings. The van der Waals surface area contributed by atoms with Gasteiger partial charge in [0.1, 0.15) is 0 Å². The Hall–Kier alpha value is -2.34. The van der Waals surface area contributed by atoms with E-state index in [1.165, 1.54) is 12.0 Å². The molecule has 1 fully saturated rings. The van der Waals surface area contributed by atoms with Crippen LogP contribution in [0.2, 0.25) is 0 Å². The first-order chi connectivity index (χ1) is 11.6. The van der Waals surface area contributed by atoms with E-state index in [4.69, 9.17) is 4.74 Å². The van der Waals surface area contributed by atoms with Gasteiger partial charge in [-0.2, -0.15) is 0 Å². The van der Waals surface area contributed by atoms with E-state index in [1.54, 1.807) is 23.5 Å². The lowest BCUT2D eigenvalue weighted by atomic mass is 10.1. The number of aryl methyl sites for hydroxylation is 1. The Labute approximate surface area is 145 Å². The van der Waals surface area contributed by atoms with Crippen molar-refractivity contribution >= 4 is 29.0 Å². The fourth-order valence-corrected chi connectivity index (χ4v) is 3.85. The molecule has 0 saturated carbocycles. The Morgan fingerprint density at radius 1 is 1.33 bits per heavy atom. The number of likely N-dealkylation sites (tertiary alicyclic amines) is 1. The quantitative estimate of drug-likeness (QED) is 0.849. The number of hydrogen-bond acceptors (Lipinski definition) is 4. The zero-order valence-corrected chi connectivity index (χ0v) is 14.6. The van der Waals surface area contributed by atoms with Crippen molar-refractivity contribution in [2.24, 2.45) is 0 Å². The molecule has 1 saturated heterocycles. The molecule has 6 heteroatoms. The Balaban J connectivity index is 1.78. The smallest absolute Gasteiger partial charge is 0.337 e. The molecular weight excluding hydrogens is 324 g/mol. The Morgan fingerprint density at radius 2 is 2.17 bits per heavy atom. The molecule has 5 nitrogen and oxygen atoms in total. The summed E-state index contributed by atoms with van der Waals surface area (Å²) in [5, 5.41) is 4.98. The number of urea groups is 1. The first kappa shape index (κ1) is 16.5. The van der Waals surface area contributed by atoms with Gasteiger partial charge in [0.25, 0.3) is 0 Å². The number of hydrogen-bond donors (Lipinski definition) is 1. The third-order valence-electron chi connectivity index (χ3n) is 4.29. The van der Waals surface area contributed by atoms with Crippen LogP contribution in [0, 0.1) is 6.92 Å². The summed E-state index contributed by atoms with van der Waals surface area (Å²) >= 11 is 1.68. The van der Waals surface area contributed by atoms with Gasteiger partial charge < -0.3 is 15.0 Å². The molecule has 1 aromatic carbocycles. The third kappa shape index (κ3) is 3.28. The number of benzene rings is 1. The zero-order chi connectivity index (χ0) is 17.1. The van der Waals surface area contributed by atoms with Crippen molar-refractivity contribution in [1.29, 1.82) is 0 Å². The van der Waals surface area contributed by atoms with Crippen molar-refractivity contribution in [2.75, 3.05) is 19.0 Å². The highest BCUT2D eigenvalue weighted by molar-refractivity contribution is 7.10. The summed E-state index contributed by atoms with van der Waals surface area (Å²) in [4.78, 5) is 27.5. The number of carbonyl (C=O) groups is 2. The zero-order valence-electron chi connectivity index (χ0n) is 13.7. The van der Waals surface area contributed by atoms with Crippen LogP contribution in [0.25, 0.3) is 0 Å². The Kier molecular flexibility index (Phi) is 4.85. The highest BCUT2D eigenvalue weighted by Crippen LogP contribution is 2.35. The van der Waals surface area contributed by atoms with Crippen molar-refractivity contribution in [1.82, 2.24) is 4.90 Å². The molecule has 2 heterocycles. The standard InChI is InChI=1S/C18H20N2O3S/c1-12-7-8-13(17(21)23-2)11-14(12)19-18(22)20-9-3-5-15(20)16-6-4-10-24-16/h4,6-8,10-11,15H,3,5,9H2,1-2H3,(H,19,22). The maximum Gasteiger partial charge on any atom is 0.337 e. The molecule has 0 radical (unpaired) electrons. The monoisotopic (exact) mass is 344 g/mol. The second kappa shape index (κ2) is 7.05. The Bertz CT molecular complexity index is 743. The average molecular weight is 344 g/mol. The molecule has 2 amide bonds. The van der Waals surface area contributed by atoms with Crippen LogP contribution in [-0.4, -0.2) is 30.6 Å². The number of esters is 1. The molecule has 1 aromatic heterocycles. The highest BCUT2D eigenvalue weighted by Gasteiger charge is 2.30. The van der Waals surface area contributed by atoms with E-state index in [2.05, 4.69) is 11.4 Å². The topological polar surface area (TPSA) is 58.6 Å². The van der Waals surface area contributed by atoms with Gasteiger partial charge in [-0.1, -0.05) is 12.1 Å². The second-order valence-electron chi connectivity index (χ2n) is 5.82. The molecule has 126 valence electrons. The maximum absolute atomic E-state index is 12.7. The number of methoxy groups -OCH3 is 1. The van der Waals surface area contributed by atoms with Gasteiger partial charge in [-0.05, 0) is 48.9 Å². The molecule has 1 aliphatic heterocycles. The van der Waals surface area contributed by atoms with Crippen LogP contribution in [0.15, 0.2) is 35.7 Å². The highest BCUT2D eigenvalue weighted by atomic mass is 32.1. The van der Waals surface area contributed by atoms with Crippen molar-refractivity contribution < 1.29 is 14.3 Å². The normalized spacial score (nSPS) is 16.9. The fraction of sp³-hybridized carbons (Fsp3) is 0.333. The lowest BCUT2D eigenvalue weighted by molar-refractivity contribution is 0.0600. The van der Waals surface area contributed by atoms with Gasteiger partial charge in [-0.25, -0.2) is 9.59 Å². The van der Waals surface area contributed by atoms with Crippen LogP contribution in [0.1, 0.15) is 39.7 Å². The average Bonchev–Trinajstić information content (AvgIpc) is 3.26. The van der Waals surface area contributed by atoms with Gasteiger partial charge in [0.2, 0.25) is 0 Å². The maximum atomic E-state index is 12.7. The van der Waals surface area contributed by atoms with E-state index in [1.807, 2.05) is 29.3 Å². The number of nitrogens with one attached hydrogen (secondary N) is 1. The summed E-state index contributed by atoms with van der Waals surface area (Å²) in [6, 6.07) is 9.26. The fourth-order valence-electron chi connectivity index (χ4n) is 2.97. The predicted molar refractivity (Wildman–Crippen MR) is 94.5 cm³/mol. The van der Waals surface area contributed by atoms with Crippen LogP contribution in [0.4, 0.5) is 10.5 Å². The summed E-state index contributed by atoms with van der Waals surface area (Å²) in [5.41, 5.74) is 1.97. The minimum atomic E-state index is -0.414. The van der Waals surface area contributed by atoms with Gasteiger partial charge in [-0.3, -0.25) is 0 Å². The molecule has 3 rings (SSSR count). The predicted octanol–water partition coefficient (Wildman–Crippen LogP) is 4.21. The van der Waals surface area contributed by atoms with Crippen LogP contribution in [0.3, 0.4) is 0 Å². The van der Waals surface area contributed by atoms with Crippen LogP contribution in [-0.2, 0) is 4.74 Å². The van der Waals surface area contributed by atoms with E-state index in [0.717, 1.165) is 24.9 Å². The van der Waals surface area contributed by atoms with Gasteiger partial charge in [-0.15, -0.1) is 11.3 Å². The minimum Gasteiger partial charge on any atom is -0.465 e. The summed E-state index contributed by atoms with van der Waals surface area (Å²) in [6.07, 6.45) is 1.98. The van der Waals surface area contributed by atoms with Crippen LogP contribution >= 0.6 is 11.3 Å². The van der Waals surface area contributed by atoms with Gasteiger partial charge in [0.05, 0.1) is 18.7 Å². The van der Waals surface area contributed by atoms with E-state index in [-0.39, 0.29) is 12.1 Å². The second-order valence-corrected chi connectivity index (χ2v) is 6.80. The summed E-state index contributed by atoms with van der Waals surface area (Å²) in [6.45, 7) is 2.64. The summed E-state index contributed by atoms with van der Waals surface area (Å²) < 4.78 is 4.74. The van der Waals surface area contributed by atoms with Gasteiger partial charge >= 0.3 is 12.0 Å². The molecule has 0 aliphatic carbocycles. The van der Waals surface area contributed by atoms with E-state index >= 15 is 0 Å². The van der Waals surface area contributed by atoms with Crippen molar-refractivity contribution in [3.05, 3.63) is 51.7 Å². The number of thiophene rings is 1. The van der Waals surface area contributed by atoms with Crippen molar-refractivity contribution in [2.45, 2.75) is 25.8 Å². The van der Waals surface area contributed by atoms with Gasteiger partial charge in [0.15, 0.2) is 0 Å². The molecule has 0 spiro atoms. The van der Waals surface area contributed by atoms with Crippen molar-refractivity contribution in [3.63, 3.8) is 0 Å². The van der Waals surface area contributed by atoms with Crippen LogP contribution in [0.5, 0.6) is 0 Å². The number of carbonyl (C=O) groups excluding carboxylic acids is 2. The minimum absolute atomic E-state index is 0.129. The van der Waals surface area contributed by atoms with E-state index in [0.29, 0.717) is 11.3 Å². The summed E-state index contributed by atoms with van der Waals surface area (Å²) in [5.74, 6) is -0.414. The molecule has 1 unspecified atom stereocenters. The largest absolute Gasteiger partial charge is 0.465 e. The first-order valence-corrected chi connectivity index (χ1v) is 8.78. The molecule has 1 aliphatic rings. The van der Waals surface area contributed by atoms with E-state index < -0.39 is 5.97 Å². The number of nitrogens with zero attached hydrogens (tertiary/aromatic N) is 1. The number of amides is 2. The summed E-state index contributed by atoms with van der Waals surface area (Å²) in [7, 11) is 1.34. The SMILES string of the molecule is COC(=O)c1ccc(C)c(NC(=O)N2CCCC2c2cccs2)c1. The number of anilines is 1. The van der Waals surface area contributed by atoms with Gasteiger partial charge in [0, 0.05) is 17.1 Å². The van der Waals surface area contributed by atoms with E-state index in [9.17, 15) is 9.59 Å².